The van der Waals surface area contributed by atoms with E-state index >= 15 is 0 Å². The molecule has 1 atom stereocenters. The van der Waals surface area contributed by atoms with Gasteiger partial charge in [0, 0.05) is 32.2 Å². The van der Waals surface area contributed by atoms with Crippen LogP contribution in [-0.2, 0) is 4.79 Å². The van der Waals surface area contributed by atoms with Crippen LogP contribution in [0.15, 0.2) is 0 Å². The minimum absolute atomic E-state index is 0.100. The van der Waals surface area contributed by atoms with Crippen LogP contribution < -0.4 is 5.73 Å². The summed E-state index contributed by atoms with van der Waals surface area (Å²) in [6, 6.07) is 0.456. The summed E-state index contributed by atoms with van der Waals surface area (Å²) >= 11 is 0. The fourth-order valence-corrected chi connectivity index (χ4v) is 2.35. The van der Waals surface area contributed by atoms with E-state index in [-0.39, 0.29) is 11.9 Å². The maximum Gasteiger partial charge on any atom is 0.239 e. The van der Waals surface area contributed by atoms with E-state index < -0.39 is 0 Å². The molecule has 86 valence electrons. The summed E-state index contributed by atoms with van der Waals surface area (Å²) in [5.41, 5.74) is 5.59. The van der Waals surface area contributed by atoms with Crippen LogP contribution in [0, 0.1) is 0 Å². The highest BCUT2D eigenvalue weighted by Crippen LogP contribution is 2.25. The Labute approximate surface area is 91.4 Å². The van der Waals surface area contributed by atoms with Crippen molar-refractivity contribution in [1.82, 2.24) is 9.80 Å². The minimum atomic E-state index is -0.347. The molecule has 1 aliphatic carbocycles. The largest absolute Gasteiger partial charge is 0.339 e. The molecule has 0 aromatic heterocycles. The average Bonchev–Trinajstić information content (AvgIpc) is 2.15. The average molecular weight is 211 g/mol. The van der Waals surface area contributed by atoms with E-state index in [9.17, 15) is 4.79 Å². The standard InChI is InChI=1S/C11H21N3O/c1-9(12)11(15)14-7-5-13(6-8-14)10-3-2-4-10/h9-10H,2-8,12H2,1H3/t9-/m0/s1. The highest BCUT2D eigenvalue weighted by molar-refractivity contribution is 5.81. The van der Waals surface area contributed by atoms with Crippen LogP contribution in [0.25, 0.3) is 0 Å². The third-order valence-corrected chi connectivity index (χ3v) is 3.61. The van der Waals surface area contributed by atoms with E-state index in [0.717, 1.165) is 32.2 Å². The first-order chi connectivity index (χ1) is 7.18. The highest BCUT2D eigenvalue weighted by atomic mass is 16.2. The number of rotatable bonds is 2. The molecule has 0 aromatic carbocycles. The van der Waals surface area contributed by atoms with Crippen LogP contribution in [0.4, 0.5) is 0 Å². The topological polar surface area (TPSA) is 49.6 Å². The Hall–Kier alpha value is -0.610. The monoisotopic (exact) mass is 211 g/mol. The molecule has 1 heterocycles. The predicted octanol–water partition coefficient (Wildman–Crippen LogP) is 0.0303. The number of amides is 1. The summed E-state index contributed by atoms with van der Waals surface area (Å²) in [4.78, 5) is 16.1. The summed E-state index contributed by atoms with van der Waals surface area (Å²) in [6.45, 7) is 5.54. The molecule has 1 amide bonds. The van der Waals surface area contributed by atoms with E-state index in [4.69, 9.17) is 5.73 Å². The number of carbonyl (C=O) groups is 1. The number of nitrogens with two attached hydrogens (primary N) is 1. The summed E-state index contributed by atoms with van der Waals surface area (Å²) in [7, 11) is 0. The SMILES string of the molecule is C[C@H](N)C(=O)N1CCN(C2CCC2)CC1. The van der Waals surface area contributed by atoms with E-state index in [1.807, 2.05) is 4.90 Å². The Morgan fingerprint density at radius 3 is 2.27 bits per heavy atom. The molecular formula is C11H21N3O. The van der Waals surface area contributed by atoms with E-state index in [2.05, 4.69) is 4.90 Å². The number of carbonyl (C=O) groups excluding carboxylic acids is 1. The molecule has 4 heteroatoms. The fourth-order valence-electron chi connectivity index (χ4n) is 2.35. The van der Waals surface area contributed by atoms with Gasteiger partial charge in [0.1, 0.15) is 0 Å². The van der Waals surface area contributed by atoms with Crippen molar-refractivity contribution in [3.05, 3.63) is 0 Å². The Balaban J connectivity index is 1.78. The quantitative estimate of drug-likeness (QED) is 0.701. The number of hydrogen-bond donors (Lipinski definition) is 1. The molecule has 2 rings (SSSR count). The van der Waals surface area contributed by atoms with E-state index in [1.54, 1.807) is 6.92 Å². The summed E-state index contributed by atoms with van der Waals surface area (Å²) in [5.74, 6) is 0.100. The predicted molar refractivity (Wildman–Crippen MR) is 59.4 cm³/mol. The lowest BCUT2D eigenvalue weighted by Gasteiger charge is -2.43. The molecule has 0 spiro atoms. The maximum atomic E-state index is 11.6. The van der Waals surface area contributed by atoms with E-state index in [1.165, 1.54) is 19.3 Å². The Kier molecular flexibility index (Phi) is 3.26. The van der Waals surface area contributed by atoms with Crippen molar-refractivity contribution in [3.8, 4) is 0 Å². The maximum absolute atomic E-state index is 11.6. The van der Waals surface area contributed by atoms with E-state index in [0.29, 0.717) is 0 Å². The van der Waals surface area contributed by atoms with Crippen molar-refractivity contribution in [1.29, 1.82) is 0 Å². The second-order valence-corrected chi connectivity index (χ2v) is 4.73. The number of piperazine rings is 1. The zero-order chi connectivity index (χ0) is 10.8. The molecule has 1 saturated heterocycles. The van der Waals surface area contributed by atoms with Crippen molar-refractivity contribution in [3.63, 3.8) is 0 Å². The first kappa shape index (κ1) is 10.9. The molecule has 4 nitrogen and oxygen atoms in total. The molecule has 2 fully saturated rings. The van der Waals surface area contributed by atoms with Gasteiger partial charge in [-0.3, -0.25) is 9.69 Å². The summed E-state index contributed by atoms with van der Waals surface area (Å²) in [5, 5.41) is 0. The van der Waals surface area contributed by atoms with Crippen LogP contribution in [0.2, 0.25) is 0 Å². The van der Waals surface area contributed by atoms with Gasteiger partial charge in [-0.05, 0) is 19.8 Å². The van der Waals surface area contributed by atoms with Gasteiger partial charge in [0.2, 0.25) is 5.91 Å². The molecule has 0 radical (unpaired) electrons. The minimum Gasteiger partial charge on any atom is -0.339 e. The summed E-state index contributed by atoms with van der Waals surface area (Å²) in [6.07, 6.45) is 4.08. The lowest BCUT2D eigenvalue weighted by molar-refractivity contribution is -0.134. The van der Waals surface area contributed by atoms with Crippen molar-refractivity contribution >= 4 is 5.91 Å². The highest BCUT2D eigenvalue weighted by Gasteiger charge is 2.29. The Morgan fingerprint density at radius 2 is 1.87 bits per heavy atom. The third kappa shape index (κ3) is 2.32. The van der Waals surface area contributed by atoms with Gasteiger partial charge in [0.25, 0.3) is 0 Å². The normalized spacial score (nSPS) is 26.1. The summed E-state index contributed by atoms with van der Waals surface area (Å²) < 4.78 is 0. The zero-order valence-corrected chi connectivity index (χ0v) is 9.48. The van der Waals surface area contributed by atoms with Crippen molar-refractivity contribution in [2.24, 2.45) is 5.73 Å². The smallest absolute Gasteiger partial charge is 0.239 e. The van der Waals surface area contributed by atoms with Gasteiger partial charge in [0.05, 0.1) is 6.04 Å². The second kappa shape index (κ2) is 4.49. The first-order valence-electron chi connectivity index (χ1n) is 5.97. The van der Waals surface area contributed by atoms with Gasteiger partial charge in [-0.1, -0.05) is 6.42 Å². The number of nitrogens with zero attached hydrogens (tertiary/aromatic N) is 2. The van der Waals surface area contributed by atoms with Gasteiger partial charge in [-0.25, -0.2) is 0 Å². The fraction of sp³-hybridized carbons (Fsp3) is 0.909. The van der Waals surface area contributed by atoms with Gasteiger partial charge < -0.3 is 10.6 Å². The molecule has 15 heavy (non-hydrogen) atoms. The van der Waals surface area contributed by atoms with Crippen LogP contribution in [0.1, 0.15) is 26.2 Å². The molecule has 1 aliphatic heterocycles. The molecule has 2 aliphatic rings. The molecular weight excluding hydrogens is 190 g/mol. The van der Waals surface area contributed by atoms with Crippen molar-refractivity contribution in [2.45, 2.75) is 38.3 Å². The molecule has 0 unspecified atom stereocenters. The zero-order valence-electron chi connectivity index (χ0n) is 9.48. The van der Waals surface area contributed by atoms with Gasteiger partial charge >= 0.3 is 0 Å². The molecule has 1 saturated carbocycles. The Bertz CT molecular complexity index is 230. The Morgan fingerprint density at radius 1 is 1.27 bits per heavy atom. The second-order valence-electron chi connectivity index (χ2n) is 4.73. The lowest BCUT2D eigenvalue weighted by Crippen LogP contribution is -2.55. The van der Waals surface area contributed by atoms with Crippen LogP contribution >= 0.6 is 0 Å². The van der Waals surface area contributed by atoms with Gasteiger partial charge in [-0.15, -0.1) is 0 Å². The van der Waals surface area contributed by atoms with Gasteiger partial charge in [0.15, 0.2) is 0 Å². The van der Waals surface area contributed by atoms with Crippen LogP contribution in [0.5, 0.6) is 0 Å². The van der Waals surface area contributed by atoms with Crippen LogP contribution in [0.3, 0.4) is 0 Å². The third-order valence-electron chi connectivity index (χ3n) is 3.61. The van der Waals surface area contributed by atoms with Crippen molar-refractivity contribution < 1.29 is 4.79 Å². The first-order valence-corrected chi connectivity index (χ1v) is 5.97. The lowest BCUT2D eigenvalue weighted by atomic mass is 9.91. The molecule has 0 aromatic rings. The van der Waals surface area contributed by atoms with Gasteiger partial charge in [-0.2, -0.15) is 0 Å². The van der Waals surface area contributed by atoms with Crippen molar-refractivity contribution in [2.75, 3.05) is 26.2 Å². The molecule has 0 bridgehead atoms. The molecule has 2 N–H and O–H groups in total. The van der Waals surface area contributed by atoms with Crippen LogP contribution in [-0.4, -0.2) is 54.0 Å². The number of hydrogen-bond acceptors (Lipinski definition) is 3.